The van der Waals surface area contributed by atoms with Gasteiger partial charge in [0.15, 0.2) is 0 Å². The van der Waals surface area contributed by atoms with Crippen molar-refractivity contribution >= 4 is 5.82 Å². The van der Waals surface area contributed by atoms with Crippen molar-refractivity contribution < 1.29 is 0 Å². The SMILES string of the molecule is CCN(Cc1ccc(NN)nc1)CC(C)C#N. The minimum Gasteiger partial charge on any atom is -0.308 e. The van der Waals surface area contributed by atoms with Crippen LogP contribution in [0, 0.1) is 17.2 Å². The third kappa shape index (κ3) is 4.39. The molecule has 0 amide bonds. The van der Waals surface area contributed by atoms with E-state index in [4.69, 9.17) is 11.1 Å². The lowest BCUT2D eigenvalue weighted by Crippen LogP contribution is -2.27. The monoisotopic (exact) mass is 233 g/mol. The van der Waals surface area contributed by atoms with Crippen molar-refractivity contribution in [3.8, 4) is 6.07 Å². The molecule has 0 aromatic carbocycles. The number of hydrogen-bond donors (Lipinski definition) is 2. The maximum absolute atomic E-state index is 8.80. The lowest BCUT2D eigenvalue weighted by atomic mass is 10.2. The average molecular weight is 233 g/mol. The lowest BCUT2D eigenvalue weighted by Gasteiger charge is -2.21. The van der Waals surface area contributed by atoms with E-state index in [0.29, 0.717) is 5.82 Å². The Hall–Kier alpha value is -1.64. The zero-order chi connectivity index (χ0) is 12.7. The fourth-order valence-corrected chi connectivity index (χ4v) is 1.60. The van der Waals surface area contributed by atoms with E-state index in [1.54, 1.807) is 6.20 Å². The van der Waals surface area contributed by atoms with Crippen LogP contribution in [0.25, 0.3) is 0 Å². The number of nitrogens with zero attached hydrogens (tertiary/aromatic N) is 3. The number of rotatable bonds is 6. The second-order valence-electron chi connectivity index (χ2n) is 4.05. The quantitative estimate of drug-likeness (QED) is 0.573. The van der Waals surface area contributed by atoms with E-state index in [2.05, 4.69) is 28.3 Å². The minimum absolute atomic E-state index is 0.0490. The molecule has 92 valence electrons. The molecule has 0 aliphatic carbocycles. The second-order valence-corrected chi connectivity index (χ2v) is 4.05. The predicted molar refractivity (Wildman–Crippen MR) is 67.8 cm³/mol. The van der Waals surface area contributed by atoms with Crippen LogP contribution in [-0.4, -0.2) is 23.0 Å². The molecule has 1 aromatic heterocycles. The fourth-order valence-electron chi connectivity index (χ4n) is 1.60. The van der Waals surface area contributed by atoms with Crippen LogP contribution in [0.15, 0.2) is 18.3 Å². The summed E-state index contributed by atoms with van der Waals surface area (Å²) in [5, 5.41) is 8.80. The van der Waals surface area contributed by atoms with Gasteiger partial charge < -0.3 is 5.43 Å². The first kappa shape index (κ1) is 13.4. The zero-order valence-electron chi connectivity index (χ0n) is 10.3. The van der Waals surface area contributed by atoms with Crippen molar-refractivity contribution in [1.29, 1.82) is 5.26 Å². The van der Waals surface area contributed by atoms with Crippen molar-refractivity contribution in [1.82, 2.24) is 9.88 Å². The molecule has 1 heterocycles. The molecule has 17 heavy (non-hydrogen) atoms. The molecule has 3 N–H and O–H groups in total. The van der Waals surface area contributed by atoms with Crippen LogP contribution in [0.2, 0.25) is 0 Å². The molecule has 0 bridgehead atoms. The Bertz CT molecular complexity index is 367. The highest BCUT2D eigenvalue weighted by Crippen LogP contribution is 2.08. The third-order valence-electron chi connectivity index (χ3n) is 2.58. The van der Waals surface area contributed by atoms with Crippen molar-refractivity contribution in [2.24, 2.45) is 11.8 Å². The van der Waals surface area contributed by atoms with Gasteiger partial charge in [-0.2, -0.15) is 5.26 Å². The molecule has 1 unspecified atom stereocenters. The van der Waals surface area contributed by atoms with Gasteiger partial charge in [0.25, 0.3) is 0 Å². The van der Waals surface area contributed by atoms with Gasteiger partial charge in [0, 0.05) is 19.3 Å². The van der Waals surface area contributed by atoms with E-state index in [0.717, 1.165) is 25.2 Å². The maximum Gasteiger partial charge on any atom is 0.139 e. The predicted octanol–water partition coefficient (Wildman–Crippen LogP) is 1.35. The summed E-state index contributed by atoms with van der Waals surface area (Å²) in [4.78, 5) is 6.38. The molecule has 0 saturated heterocycles. The molecule has 5 heteroatoms. The molecule has 0 fully saturated rings. The number of nitriles is 1. The molecule has 0 spiro atoms. The van der Waals surface area contributed by atoms with E-state index >= 15 is 0 Å². The van der Waals surface area contributed by atoms with Crippen molar-refractivity contribution in [3.05, 3.63) is 23.9 Å². The lowest BCUT2D eigenvalue weighted by molar-refractivity contribution is 0.260. The highest BCUT2D eigenvalue weighted by Gasteiger charge is 2.08. The van der Waals surface area contributed by atoms with Crippen molar-refractivity contribution in [3.63, 3.8) is 0 Å². The summed E-state index contributed by atoms with van der Waals surface area (Å²) in [6, 6.07) is 6.08. The van der Waals surface area contributed by atoms with E-state index in [1.807, 2.05) is 19.1 Å². The average Bonchev–Trinajstić information content (AvgIpc) is 2.38. The van der Waals surface area contributed by atoms with Gasteiger partial charge >= 0.3 is 0 Å². The smallest absolute Gasteiger partial charge is 0.139 e. The summed E-state index contributed by atoms with van der Waals surface area (Å²) in [5.41, 5.74) is 3.62. The van der Waals surface area contributed by atoms with Crippen LogP contribution in [0.5, 0.6) is 0 Å². The fraction of sp³-hybridized carbons (Fsp3) is 0.500. The van der Waals surface area contributed by atoms with Gasteiger partial charge in [-0.05, 0) is 25.1 Å². The summed E-state index contributed by atoms with van der Waals surface area (Å²) in [7, 11) is 0. The Morgan fingerprint density at radius 3 is 2.82 bits per heavy atom. The Kier molecular flexibility index (Phi) is 5.40. The van der Waals surface area contributed by atoms with Crippen LogP contribution in [0.3, 0.4) is 0 Å². The van der Waals surface area contributed by atoms with E-state index < -0.39 is 0 Å². The largest absolute Gasteiger partial charge is 0.308 e. The Morgan fingerprint density at radius 1 is 1.59 bits per heavy atom. The van der Waals surface area contributed by atoms with Crippen LogP contribution in [-0.2, 0) is 6.54 Å². The van der Waals surface area contributed by atoms with Gasteiger partial charge in [-0.15, -0.1) is 0 Å². The third-order valence-corrected chi connectivity index (χ3v) is 2.58. The molecule has 1 rings (SSSR count). The van der Waals surface area contributed by atoms with Gasteiger partial charge in [-0.3, -0.25) is 4.90 Å². The first-order chi connectivity index (χ1) is 8.19. The summed E-state index contributed by atoms with van der Waals surface area (Å²) in [6.45, 7) is 6.53. The van der Waals surface area contributed by atoms with E-state index in [9.17, 15) is 0 Å². The highest BCUT2D eigenvalue weighted by molar-refractivity contribution is 5.33. The van der Waals surface area contributed by atoms with Gasteiger partial charge in [0.2, 0.25) is 0 Å². The van der Waals surface area contributed by atoms with E-state index in [1.165, 1.54) is 0 Å². The topological polar surface area (TPSA) is 78.0 Å². The first-order valence-electron chi connectivity index (χ1n) is 5.73. The number of nitrogen functional groups attached to an aromatic ring is 1. The molecule has 5 nitrogen and oxygen atoms in total. The number of hydrazine groups is 1. The number of nitrogens with two attached hydrogens (primary N) is 1. The molecule has 0 aliphatic heterocycles. The molecular formula is C12H19N5. The van der Waals surface area contributed by atoms with Gasteiger partial charge in [0.05, 0.1) is 12.0 Å². The van der Waals surface area contributed by atoms with Crippen molar-refractivity contribution in [2.45, 2.75) is 20.4 Å². The molecule has 0 radical (unpaired) electrons. The van der Waals surface area contributed by atoms with Crippen LogP contribution in [0.1, 0.15) is 19.4 Å². The normalized spacial score (nSPS) is 12.2. The molecular weight excluding hydrogens is 214 g/mol. The molecule has 1 atom stereocenters. The van der Waals surface area contributed by atoms with Gasteiger partial charge in [0.1, 0.15) is 5.82 Å². The number of aromatic nitrogens is 1. The minimum atomic E-state index is 0.0490. The highest BCUT2D eigenvalue weighted by atomic mass is 15.2. The molecule has 1 aromatic rings. The molecule has 0 aliphatic rings. The number of nitrogens with one attached hydrogen (secondary N) is 1. The maximum atomic E-state index is 8.80. The van der Waals surface area contributed by atoms with Crippen LogP contribution < -0.4 is 11.3 Å². The summed E-state index contributed by atoms with van der Waals surface area (Å²) >= 11 is 0. The van der Waals surface area contributed by atoms with Crippen molar-refractivity contribution in [2.75, 3.05) is 18.5 Å². The van der Waals surface area contributed by atoms with E-state index in [-0.39, 0.29) is 5.92 Å². The Morgan fingerprint density at radius 2 is 2.35 bits per heavy atom. The van der Waals surface area contributed by atoms with Gasteiger partial charge in [-0.1, -0.05) is 13.0 Å². The standard InChI is InChI=1S/C12H19N5/c1-3-17(8-10(2)6-13)9-11-4-5-12(16-14)15-7-11/h4-5,7,10H,3,8-9,14H2,1-2H3,(H,15,16). The van der Waals surface area contributed by atoms with Crippen LogP contribution in [0.4, 0.5) is 5.82 Å². The summed E-state index contributed by atoms with van der Waals surface area (Å²) < 4.78 is 0. The zero-order valence-corrected chi connectivity index (χ0v) is 10.3. The van der Waals surface area contributed by atoms with Gasteiger partial charge in [-0.25, -0.2) is 10.8 Å². The molecule has 0 saturated carbocycles. The van der Waals surface area contributed by atoms with Crippen LogP contribution >= 0.6 is 0 Å². The Balaban J connectivity index is 2.58. The second kappa shape index (κ2) is 6.84. The number of pyridine rings is 1. The first-order valence-corrected chi connectivity index (χ1v) is 5.73. The Labute approximate surface area is 102 Å². The summed E-state index contributed by atoms with van der Waals surface area (Å²) in [6.07, 6.45) is 1.80. The number of hydrogen-bond acceptors (Lipinski definition) is 5. The number of anilines is 1. The summed E-state index contributed by atoms with van der Waals surface area (Å²) in [5.74, 6) is 5.96.